The highest BCUT2D eigenvalue weighted by molar-refractivity contribution is 7.95. The van der Waals surface area contributed by atoms with Gasteiger partial charge in [0.15, 0.2) is 0 Å². The van der Waals surface area contributed by atoms with E-state index in [4.69, 9.17) is 0 Å². The number of hydrazine groups is 1. The molecule has 3 heterocycles. The molecule has 0 aliphatic carbocycles. The van der Waals surface area contributed by atoms with Crippen molar-refractivity contribution < 1.29 is 8.42 Å². The Hall–Kier alpha value is -3.39. The van der Waals surface area contributed by atoms with E-state index in [0.717, 1.165) is 49.1 Å². The van der Waals surface area contributed by atoms with E-state index in [1.165, 1.54) is 5.56 Å². The molecule has 6 rings (SSSR count). The van der Waals surface area contributed by atoms with Crippen molar-refractivity contribution in [2.45, 2.75) is 17.5 Å². The number of rotatable bonds is 5. The molecule has 1 atom stereocenters. The van der Waals surface area contributed by atoms with E-state index in [2.05, 4.69) is 44.5 Å². The van der Waals surface area contributed by atoms with E-state index in [0.29, 0.717) is 9.80 Å². The Morgan fingerprint density at radius 1 is 0.857 bits per heavy atom. The molecule has 7 heteroatoms. The average Bonchev–Trinajstić information content (AvgIpc) is 3.34. The number of piperazine rings is 1. The van der Waals surface area contributed by atoms with Gasteiger partial charge in [0, 0.05) is 62.3 Å². The molecule has 0 amide bonds. The second-order valence-electron chi connectivity index (χ2n) is 9.16. The number of hydrogen-bond acceptors (Lipinski definition) is 6. The highest BCUT2D eigenvalue weighted by Crippen LogP contribution is 2.36. The van der Waals surface area contributed by atoms with Crippen molar-refractivity contribution in [2.75, 3.05) is 26.2 Å². The predicted octanol–water partition coefficient (Wildman–Crippen LogP) is 3.87. The summed E-state index contributed by atoms with van der Waals surface area (Å²) in [5.41, 5.74) is 2.11. The first-order valence-electron chi connectivity index (χ1n) is 12.0. The van der Waals surface area contributed by atoms with E-state index in [1.807, 2.05) is 60.9 Å². The van der Waals surface area contributed by atoms with Crippen molar-refractivity contribution in [3.8, 4) is 0 Å². The Morgan fingerprint density at radius 3 is 2.43 bits per heavy atom. The van der Waals surface area contributed by atoms with E-state index in [9.17, 15) is 8.42 Å². The van der Waals surface area contributed by atoms with Crippen molar-refractivity contribution >= 4 is 20.6 Å². The van der Waals surface area contributed by atoms with Gasteiger partial charge < -0.3 is 5.32 Å². The number of sulfone groups is 1. The van der Waals surface area contributed by atoms with Gasteiger partial charge in [0.25, 0.3) is 0 Å². The lowest BCUT2D eigenvalue weighted by molar-refractivity contribution is 0.00818. The summed E-state index contributed by atoms with van der Waals surface area (Å²) in [4.78, 5) is 3.15. The number of benzene rings is 3. The van der Waals surface area contributed by atoms with E-state index >= 15 is 0 Å². The van der Waals surface area contributed by atoms with Crippen molar-refractivity contribution in [3.05, 3.63) is 114 Å². The van der Waals surface area contributed by atoms with Crippen LogP contribution >= 0.6 is 0 Å². The molecule has 0 aromatic heterocycles. The molecule has 1 fully saturated rings. The van der Waals surface area contributed by atoms with Gasteiger partial charge in [0.2, 0.25) is 9.84 Å². The van der Waals surface area contributed by atoms with Crippen LogP contribution in [0.25, 0.3) is 10.8 Å². The van der Waals surface area contributed by atoms with Crippen LogP contribution in [0.15, 0.2) is 113 Å². The highest BCUT2D eigenvalue weighted by atomic mass is 32.2. The maximum absolute atomic E-state index is 13.8. The van der Waals surface area contributed by atoms with Crippen LogP contribution in [0.2, 0.25) is 0 Å². The quantitative estimate of drug-likeness (QED) is 0.593. The highest BCUT2D eigenvalue weighted by Gasteiger charge is 2.35. The molecule has 0 saturated carbocycles. The molecule has 1 saturated heterocycles. The predicted molar refractivity (Wildman–Crippen MR) is 138 cm³/mol. The van der Waals surface area contributed by atoms with E-state index in [-0.39, 0.29) is 6.04 Å². The van der Waals surface area contributed by atoms with Crippen LogP contribution in [-0.4, -0.2) is 55.6 Å². The van der Waals surface area contributed by atoms with Crippen molar-refractivity contribution in [1.29, 1.82) is 0 Å². The molecule has 0 spiro atoms. The zero-order chi connectivity index (χ0) is 23.8. The van der Waals surface area contributed by atoms with Gasteiger partial charge in [-0.3, -0.25) is 9.91 Å². The summed E-state index contributed by atoms with van der Waals surface area (Å²) in [5, 5.41) is 9.25. The molecule has 0 radical (unpaired) electrons. The third-order valence-corrected chi connectivity index (χ3v) is 8.84. The minimum atomic E-state index is -3.69. The second kappa shape index (κ2) is 9.00. The summed E-state index contributed by atoms with van der Waals surface area (Å²) in [5.74, 6) is 0. The first-order valence-corrected chi connectivity index (χ1v) is 13.5. The Balaban J connectivity index is 1.21. The van der Waals surface area contributed by atoms with Crippen LogP contribution < -0.4 is 5.32 Å². The molecule has 178 valence electrons. The first kappa shape index (κ1) is 22.1. The van der Waals surface area contributed by atoms with Gasteiger partial charge in [-0.1, -0.05) is 66.7 Å². The van der Waals surface area contributed by atoms with Crippen LogP contribution in [0.4, 0.5) is 0 Å². The lowest BCUT2D eigenvalue weighted by Crippen LogP contribution is -2.51. The monoisotopic (exact) mass is 484 g/mol. The Morgan fingerprint density at radius 2 is 1.60 bits per heavy atom. The number of hydrogen-bond donors (Lipinski definition) is 1. The van der Waals surface area contributed by atoms with Crippen LogP contribution in [0.3, 0.4) is 0 Å². The Bertz CT molecular complexity index is 1430. The fraction of sp³-hybridized carbons (Fsp3) is 0.214. The Kier molecular flexibility index (Phi) is 5.68. The van der Waals surface area contributed by atoms with Crippen molar-refractivity contribution in [1.82, 2.24) is 20.2 Å². The molecule has 3 aromatic rings. The van der Waals surface area contributed by atoms with Gasteiger partial charge in [-0.2, -0.15) is 0 Å². The van der Waals surface area contributed by atoms with Gasteiger partial charge >= 0.3 is 0 Å². The third kappa shape index (κ3) is 4.16. The Labute approximate surface area is 206 Å². The van der Waals surface area contributed by atoms with Crippen LogP contribution in [0.1, 0.15) is 5.56 Å². The smallest absolute Gasteiger partial charge is 0.209 e. The summed E-state index contributed by atoms with van der Waals surface area (Å²) in [6, 6.07) is 23.5. The van der Waals surface area contributed by atoms with Crippen LogP contribution in [0.5, 0.6) is 0 Å². The lowest BCUT2D eigenvalue weighted by Gasteiger charge is -2.40. The lowest BCUT2D eigenvalue weighted by atomic mass is 10.1. The molecule has 0 bridgehead atoms. The van der Waals surface area contributed by atoms with Crippen LogP contribution in [0, 0.1) is 0 Å². The van der Waals surface area contributed by atoms with Crippen molar-refractivity contribution in [2.24, 2.45) is 0 Å². The second-order valence-corrected chi connectivity index (χ2v) is 11.0. The average molecular weight is 485 g/mol. The summed E-state index contributed by atoms with van der Waals surface area (Å²) in [6.07, 6.45) is 7.70. The van der Waals surface area contributed by atoms with Crippen LogP contribution in [-0.2, 0) is 16.4 Å². The topological polar surface area (TPSA) is 55.9 Å². The van der Waals surface area contributed by atoms with Gasteiger partial charge in [-0.15, -0.1) is 0 Å². The SMILES string of the molecule is O=S(=O)(C1=CNC2C=CN(N3CCN(Cc4ccccc4)CC3)C=C12)c1cccc2ccccc12. The summed E-state index contributed by atoms with van der Waals surface area (Å²) in [6.45, 7) is 4.64. The minimum Gasteiger partial charge on any atom is -0.379 e. The number of nitrogens with zero attached hydrogens (tertiary/aromatic N) is 3. The molecule has 1 N–H and O–H groups in total. The van der Waals surface area contributed by atoms with Gasteiger partial charge in [-0.25, -0.2) is 13.4 Å². The molecule has 3 aromatic carbocycles. The molecule has 1 unspecified atom stereocenters. The largest absolute Gasteiger partial charge is 0.379 e. The fourth-order valence-corrected chi connectivity index (χ4v) is 6.76. The van der Waals surface area contributed by atoms with E-state index in [1.54, 1.807) is 12.3 Å². The zero-order valence-corrected chi connectivity index (χ0v) is 20.2. The maximum Gasteiger partial charge on any atom is 0.209 e. The fourth-order valence-electron chi connectivity index (χ4n) is 5.08. The molecule has 6 nitrogen and oxygen atoms in total. The van der Waals surface area contributed by atoms with E-state index < -0.39 is 9.84 Å². The minimum absolute atomic E-state index is 0.134. The normalized spacial score (nSPS) is 20.9. The number of fused-ring (bicyclic) bond motifs is 2. The summed E-state index contributed by atoms with van der Waals surface area (Å²) in [7, 11) is -3.69. The van der Waals surface area contributed by atoms with Gasteiger partial charge in [-0.05, 0) is 23.1 Å². The van der Waals surface area contributed by atoms with Crippen molar-refractivity contribution in [3.63, 3.8) is 0 Å². The zero-order valence-electron chi connectivity index (χ0n) is 19.4. The molecule has 3 aliphatic heterocycles. The third-order valence-electron chi connectivity index (χ3n) is 6.97. The molecule has 3 aliphatic rings. The summed E-state index contributed by atoms with van der Waals surface area (Å²) >= 11 is 0. The maximum atomic E-state index is 13.8. The number of nitrogens with one attached hydrogen (secondary N) is 1. The molecular formula is C28H28N4O2S. The van der Waals surface area contributed by atoms with Gasteiger partial charge in [0.05, 0.1) is 15.8 Å². The van der Waals surface area contributed by atoms with Gasteiger partial charge in [0.1, 0.15) is 0 Å². The molecular weight excluding hydrogens is 456 g/mol. The standard InChI is InChI=1S/C28H28N4O2S/c33-35(34,27-12-6-10-23-9-4-5-11-24(23)27)28-19-29-26-13-14-32(21-25(26)28)31-17-15-30(16-18-31)20-22-7-2-1-3-8-22/h1-14,19,21,26,29H,15-18,20H2. The summed E-state index contributed by atoms with van der Waals surface area (Å²) < 4.78 is 27.6. The first-order chi connectivity index (χ1) is 17.1. The molecule has 35 heavy (non-hydrogen) atoms.